The average Bonchev–Trinajstić information content (AvgIpc) is 2.59. The van der Waals surface area contributed by atoms with Crippen molar-refractivity contribution < 1.29 is 4.79 Å². The first kappa shape index (κ1) is 19.8. The third-order valence-corrected chi connectivity index (χ3v) is 5.37. The molecule has 2 rings (SSSR count). The molecule has 0 aliphatic carbocycles. The second-order valence-electron chi connectivity index (χ2n) is 8.38. The van der Waals surface area contributed by atoms with Crippen LogP contribution < -0.4 is 10.2 Å². The summed E-state index contributed by atoms with van der Waals surface area (Å²) in [6, 6.07) is 8.70. The van der Waals surface area contributed by atoms with E-state index in [4.69, 9.17) is 0 Å². The van der Waals surface area contributed by atoms with E-state index in [9.17, 15) is 4.79 Å². The monoisotopic (exact) mass is 345 g/mol. The minimum absolute atomic E-state index is 0.147. The summed E-state index contributed by atoms with van der Waals surface area (Å²) in [5.74, 6) is 1.20. The Hall–Kier alpha value is -1.55. The fourth-order valence-electron chi connectivity index (χ4n) is 3.65. The molecule has 0 atom stereocenters. The van der Waals surface area contributed by atoms with E-state index in [1.807, 2.05) is 0 Å². The summed E-state index contributed by atoms with van der Waals surface area (Å²) in [6.45, 7) is 11.0. The second-order valence-corrected chi connectivity index (χ2v) is 8.38. The van der Waals surface area contributed by atoms with Gasteiger partial charge in [0.15, 0.2) is 0 Å². The lowest BCUT2D eigenvalue weighted by Gasteiger charge is -2.42. The molecule has 1 aromatic rings. The number of hydrogen-bond acceptors (Lipinski definition) is 3. The molecule has 0 aromatic heterocycles. The van der Waals surface area contributed by atoms with Crippen LogP contribution in [0.25, 0.3) is 0 Å². The maximum Gasteiger partial charge on any atom is 0.239 e. The minimum Gasteiger partial charge on any atom is -0.377 e. The van der Waals surface area contributed by atoms with Crippen LogP contribution in [0.3, 0.4) is 0 Å². The summed E-state index contributed by atoms with van der Waals surface area (Å²) in [5, 5.41) is 3.10. The highest BCUT2D eigenvalue weighted by Gasteiger charge is 2.37. The van der Waals surface area contributed by atoms with Crippen LogP contribution in [0.15, 0.2) is 24.3 Å². The van der Waals surface area contributed by atoms with Crippen molar-refractivity contribution in [2.24, 2.45) is 5.92 Å². The van der Waals surface area contributed by atoms with Gasteiger partial charge in [0.25, 0.3) is 0 Å². The number of piperidine rings is 1. The van der Waals surface area contributed by atoms with Gasteiger partial charge in [0.05, 0.1) is 5.54 Å². The summed E-state index contributed by atoms with van der Waals surface area (Å²) in [5.41, 5.74) is 2.31. The largest absolute Gasteiger partial charge is 0.377 e. The van der Waals surface area contributed by atoms with Crippen LogP contribution in [0.4, 0.5) is 5.69 Å². The smallest absolute Gasteiger partial charge is 0.239 e. The molecule has 0 unspecified atom stereocenters. The molecule has 0 bridgehead atoms. The minimum atomic E-state index is -0.444. The van der Waals surface area contributed by atoms with E-state index in [0.717, 1.165) is 32.5 Å². The first-order valence-electron chi connectivity index (χ1n) is 9.53. The van der Waals surface area contributed by atoms with Crippen LogP contribution in [-0.2, 0) is 4.79 Å². The summed E-state index contributed by atoms with van der Waals surface area (Å²) >= 11 is 0. The van der Waals surface area contributed by atoms with Gasteiger partial charge >= 0.3 is 0 Å². The van der Waals surface area contributed by atoms with E-state index in [0.29, 0.717) is 11.8 Å². The maximum absolute atomic E-state index is 12.6. The number of nitrogens with one attached hydrogen (secondary N) is 1. The Morgan fingerprint density at radius 1 is 1.24 bits per heavy atom. The van der Waals surface area contributed by atoms with E-state index in [2.05, 4.69) is 81.2 Å². The van der Waals surface area contributed by atoms with E-state index in [1.165, 1.54) is 11.3 Å². The van der Waals surface area contributed by atoms with E-state index in [-0.39, 0.29) is 5.91 Å². The van der Waals surface area contributed by atoms with Crippen LogP contribution in [0, 0.1) is 5.92 Å². The fourth-order valence-corrected chi connectivity index (χ4v) is 3.65. The Morgan fingerprint density at radius 2 is 1.84 bits per heavy atom. The average molecular weight is 346 g/mol. The zero-order valence-electron chi connectivity index (χ0n) is 16.8. The third-order valence-electron chi connectivity index (χ3n) is 5.37. The van der Waals surface area contributed by atoms with Crippen LogP contribution in [-0.4, -0.2) is 50.1 Å². The highest BCUT2D eigenvalue weighted by molar-refractivity contribution is 5.85. The quantitative estimate of drug-likeness (QED) is 0.857. The first-order chi connectivity index (χ1) is 11.7. The van der Waals surface area contributed by atoms with Crippen LogP contribution >= 0.6 is 0 Å². The number of para-hydroxylation sites is 1. The van der Waals surface area contributed by atoms with Gasteiger partial charge in [0, 0.05) is 26.3 Å². The standard InChI is InChI=1S/C21H35N3O/c1-16(2)15-22-20(25)21(3,4)24-13-11-17(12-14-24)18-9-7-8-10-19(18)23(5)6/h7-10,16-17H,11-15H2,1-6H3,(H,22,25). The molecule has 4 nitrogen and oxygen atoms in total. The molecule has 1 aromatic carbocycles. The molecule has 1 amide bonds. The number of hydrogen-bond donors (Lipinski definition) is 1. The molecule has 1 N–H and O–H groups in total. The molecule has 140 valence electrons. The van der Waals surface area contributed by atoms with Crippen LogP contribution in [0.2, 0.25) is 0 Å². The van der Waals surface area contributed by atoms with Crippen molar-refractivity contribution in [2.45, 2.75) is 52.0 Å². The molecule has 1 heterocycles. The van der Waals surface area contributed by atoms with Crippen molar-refractivity contribution in [1.82, 2.24) is 10.2 Å². The molecule has 1 aliphatic rings. The van der Waals surface area contributed by atoms with Gasteiger partial charge < -0.3 is 10.2 Å². The Kier molecular flexibility index (Phi) is 6.50. The van der Waals surface area contributed by atoms with Crippen molar-refractivity contribution in [2.75, 3.05) is 38.6 Å². The van der Waals surface area contributed by atoms with Crippen molar-refractivity contribution in [3.63, 3.8) is 0 Å². The molecule has 25 heavy (non-hydrogen) atoms. The Morgan fingerprint density at radius 3 is 2.40 bits per heavy atom. The van der Waals surface area contributed by atoms with Gasteiger partial charge in [-0.3, -0.25) is 9.69 Å². The number of rotatable bonds is 6. The summed E-state index contributed by atoms with van der Waals surface area (Å²) in [4.78, 5) is 17.1. The van der Waals surface area contributed by atoms with Crippen LogP contribution in [0.5, 0.6) is 0 Å². The van der Waals surface area contributed by atoms with Crippen molar-refractivity contribution in [1.29, 1.82) is 0 Å². The molecule has 1 fully saturated rings. The van der Waals surface area contributed by atoms with E-state index < -0.39 is 5.54 Å². The lowest BCUT2D eigenvalue weighted by atomic mass is 9.86. The SMILES string of the molecule is CC(C)CNC(=O)C(C)(C)N1CCC(c2ccccc2N(C)C)CC1. The summed E-state index contributed by atoms with van der Waals surface area (Å²) in [7, 11) is 4.21. The summed E-state index contributed by atoms with van der Waals surface area (Å²) < 4.78 is 0. The number of nitrogens with zero attached hydrogens (tertiary/aromatic N) is 2. The van der Waals surface area contributed by atoms with Crippen molar-refractivity contribution >= 4 is 11.6 Å². The lowest BCUT2D eigenvalue weighted by Crippen LogP contribution is -2.57. The molecular weight excluding hydrogens is 310 g/mol. The van der Waals surface area contributed by atoms with Gasteiger partial charge in [0.1, 0.15) is 0 Å². The third kappa shape index (κ3) is 4.75. The molecule has 1 aliphatic heterocycles. The normalized spacial score (nSPS) is 16.9. The number of amides is 1. The Labute approximate surface area is 153 Å². The number of likely N-dealkylation sites (tertiary alicyclic amines) is 1. The van der Waals surface area contributed by atoms with E-state index in [1.54, 1.807) is 0 Å². The molecule has 1 saturated heterocycles. The van der Waals surface area contributed by atoms with Gasteiger partial charge in [-0.25, -0.2) is 0 Å². The number of carbonyl (C=O) groups excluding carboxylic acids is 1. The van der Waals surface area contributed by atoms with Crippen LogP contribution in [0.1, 0.15) is 52.0 Å². The number of anilines is 1. The summed E-state index contributed by atoms with van der Waals surface area (Å²) in [6.07, 6.45) is 2.21. The van der Waals surface area contributed by atoms with Gasteiger partial charge in [-0.2, -0.15) is 0 Å². The highest BCUT2D eigenvalue weighted by Crippen LogP contribution is 2.35. The Bertz CT molecular complexity index is 572. The number of benzene rings is 1. The van der Waals surface area contributed by atoms with Gasteiger partial charge in [0.2, 0.25) is 5.91 Å². The fraction of sp³-hybridized carbons (Fsp3) is 0.667. The second kappa shape index (κ2) is 8.22. The van der Waals surface area contributed by atoms with Crippen molar-refractivity contribution in [3.05, 3.63) is 29.8 Å². The molecule has 4 heteroatoms. The zero-order chi connectivity index (χ0) is 18.6. The zero-order valence-corrected chi connectivity index (χ0v) is 16.8. The molecular formula is C21H35N3O. The van der Waals surface area contributed by atoms with E-state index >= 15 is 0 Å². The highest BCUT2D eigenvalue weighted by atomic mass is 16.2. The predicted octanol–water partition coefficient (Wildman–Crippen LogP) is 3.48. The molecule has 0 radical (unpaired) electrons. The Balaban J connectivity index is 2.00. The van der Waals surface area contributed by atoms with Gasteiger partial charge in [-0.1, -0.05) is 32.0 Å². The topological polar surface area (TPSA) is 35.6 Å². The van der Waals surface area contributed by atoms with Crippen molar-refractivity contribution in [3.8, 4) is 0 Å². The van der Waals surface area contributed by atoms with Gasteiger partial charge in [-0.05, 0) is 63.2 Å². The molecule has 0 spiro atoms. The number of carbonyl (C=O) groups is 1. The molecule has 0 saturated carbocycles. The maximum atomic E-state index is 12.6. The van der Waals surface area contributed by atoms with Gasteiger partial charge in [-0.15, -0.1) is 0 Å². The first-order valence-corrected chi connectivity index (χ1v) is 9.53. The lowest BCUT2D eigenvalue weighted by molar-refractivity contribution is -0.132. The predicted molar refractivity (Wildman–Crippen MR) is 106 cm³/mol.